The summed E-state index contributed by atoms with van der Waals surface area (Å²) in [5.41, 5.74) is 4.18. The molecule has 0 radical (unpaired) electrons. The number of rotatable bonds is 5. The van der Waals surface area contributed by atoms with Crippen LogP contribution < -0.4 is 0 Å². The first-order valence-electron chi connectivity index (χ1n) is 7.76. The highest BCUT2D eigenvalue weighted by molar-refractivity contribution is 5.99. The van der Waals surface area contributed by atoms with Gasteiger partial charge in [-0.1, -0.05) is 37.0 Å². The van der Waals surface area contributed by atoms with Gasteiger partial charge in [0.1, 0.15) is 6.61 Å². The fourth-order valence-corrected chi connectivity index (χ4v) is 3.36. The van der Waals surface area contributed by atoms with E-state index in [2.05, 4.69) is 19.1 Å². The molecule has 1 fully saturated rings. The van der Waals surface area contributed by atoms with Crippen LogP contribution in [0.25, 0.3) is 0 Å². The van der Waals surface area contributed by atoms with Crippen molar-refractivity contribution in [1.29, 1.82) is 0 Å². The topological polar surface area (TPSA) is 26.3 Å². The number of hydrogen-bond acceptors (Lipinski definition) is 2. The normalized spacial score (nSPS) is 16.4. The summed E-state index contributed by atoms with van der Waals surface area (Å²) in [5.74, 6) is 0.785. The standard InChI is InChI=1S/C18H26O2/c1-13-9-14(2)18(15(3)10-13)17(19)12-20-11-16-7-5-4-6-8-16/h9-10,16H,4-8,11-12H2,1-3H3. The van der Waals surface area contributed by atoms with Gasteiger partial charge in [0.15, 0.2) is 5.78 Å². The lowest BCUT2D eigenvalue weighted by molar-refractivity contribution is 0.0627. The minimum absolute atomic E-state index is 0.121. The Bertz CT molecular complexity index is 447. The van der Waals surface area contributed by atoms with Crippen LogP contribution in [-0.2, 0) is 4.74 Å². The molecule has 110 valence electrons. The highest BCUT2D eigenvalue weighted by Crippen LogP contribution is 2.24. The molecule has 0 saturated heterocycles. The summed E-state index contributed by atoms with van der Waals surface area (Å²) < 4.78 is 5.68. The molecule has 1 aromatic carbocycles. The Morgan fingerprint density at radius 1 is 1.10 bits per heavy atom. The molecule has 2 nitrogen and oxygen atoms in total. The Morgan fingerprint density at radius 3 is 2.30 bits per heavy atom. The van der Waals surface area contributed by atoms with E-state index in [0.717, 1.165) is 23.3 Å². The first-order chi connectivity index (χ1) is 9.58. The van der Waals surface area contributed by atoms with E-state index >= 15 is 0 Å². The van der Waals surface area contributed by atoms with Crippen LogP contribution in [0.3, 0.4) is 0 Å². The number of benzene rings is 1. The van der Waals surface area contributed by atoms with Crippen molar-refractivity contribution in [3.05, 3.63) is 34.4 Å². The van der Waals surface area contributed by atoms with E-state index in [1.807, 2.05) is 13.8 Å². The summed E-state index contributed by atoms with van der Waals surface area (Å²) in [4.78, 5) is 12.3. The van der Waals surface area contributed by atoms with E-state index in [1.165, 1.54) is 37.7 Å². The van der Waals surface area contributed by atoms with Gasteiger partial charge in [-0.25, -0.2) is 0 Å². The van der Waals surface area contributed by atoms with Crippen LogP contribution in [0.4, 0.5) is 0 Å². The molecule has 0 N–H and O–H groups in total. The van der Waals surface area contributed by atoms with Crippen LogP contribution in [0.2, 0.25) is 0 Å². The number of carbonyl (C=O) groups is 1. The summed E-state index contributed by atoms with van der Waals surface area (Å²) in [6.45, 7) is 7.05. The van der Waals surface area contributed by atoms with Crippen LogP contribution in [0, 0.1) is 26.7 Å². The van der Waals surface area contributed by atoms with Crippen LogP contribution in [0.5, 0.6) is 0 Å². The molecule has 0 amide bonds. The fraction of sp³-hybridized carbons (Fsp3) is 0.611. The Morgan fingerprint density at radius 2 is 1.70 bits per heavy atom. The van der Waals surface area contributed by atoms with Crippen molar-refractivity contribution >= 4 is 5.78 Å². The Hall–Kier alpha value is -1.15. The van der Waals surface area contributed by atoms with Gasteiger partial charge in [0.25, 0.3) is 0 Å². The number of Topliss-reactive ketones (excluding diaryl/α,β-unsaturated/α-hetero) is 1. The van der Waals surface area contributed by atoms with E-state index in [4.69, 9.17) is 4.74 Å². The molecule has 1 aliphatic rings. The van der Waals surface area contributed by atoms with Gasteiger partial charge in [-0.05, 0) is 50.7 Å². The lowest BCUT2D eigenvalue weighted by Crippen LogP contribution is -2.18. The predicted octanol–water partition coefficient (Wildman–Crippen LogP) is 4.39. The Balaban J connectivity index is 1.88. The quantitative estimate of drug-likeness (QED) is 0.744. The van der Waals surface area contributed by atoms with E-state index in [1.54, 1.807) is 0 Å². The van der Waals surface area contributed by atoms with E-state index in [-0.39, 0.29) is 12.4 Å². The molecule has 0 aliphatic heterocycles. The number of carbonyl (C=O) groups excluding carboxylic acids is 1. The second-order valence-electron chi connectivity index (χ2n) is 6.22. The number of ketones is 1. The van der Waals surface area contributed by atoms with E-state index in [0.29, 0.717) is 5.92 Å². The highest BCUT2D eigenvalue weighted by Gasteiger charge is 2.16. The number of aryl methyl sites for hydroxylation is 3. The first kappa shape index (κ1) is 15.2. The maximum absolute atomic E-state index is 12.3. The smallest absolute Gasteiger partial charge is 0.188 e. The van der Waals surface area contributed by atoms with Gasteiger partial charge in [0.2, 0.25) is 0 Å². The molecule has 0 unspecified atom stereocenters. The molecule has 0 aromatic heterocycles. The van der Waals surface area contributed by atoms with Crippen molar-refractivity contribution < 1.29 is 9.53 Å². The van der Waals surface area contributed by atoms with Crippen LogP contribution in [0.1, 0.15) is 59.2 Å². The molecule has 0 heterocycles. The minimum atomic E-state index is 0.121. The molecular weight excluding hydrogens is 248 g/mol. The van der Waals surface area contributed by atoms with Crippen LogP contribution in [0.15, 0.2) is 12.1 Å². The van der Waals surface area contributed by atoms with Gasteiger partial charge in [0.05, 0.1) is 6.61 Å². The molecule has 0 bridgehead atoms. The summed E-state index contributed by atoms with van der Waals surface area (Å²) in [7, 11) is 0. The molecule has 2 rings (SSSR count). The van der Waals surface area contributed by atoms with Gasteiger partial charge in [-0.3, -0.25) is 4.79 Å². The van der Waals surface area contributed by atoms with Crippen LogP contribution >= 0.6 is 0 Å². The fourth-order valence-electron chi connectivity index (χ4n) is 3.36. The Labute approximate surface area is 122 Å². The third kappa shape index (κ3) is 3.92. The molecule has 1 aromatic rings. The third-order valence-electron chi connectivity index (χ3n) is 4.27. The average Bonchev–Trinajstić information content (AvgIpc) is 2.38. The Kier molecular flexibility index (Phi) is 5.36. The summed E-state index contributed by atoms with van der Waals surface area (Å²) in [6.07, 6.45) is 6.51. The average molecular weight is 274 g/mol. The molecule has 0 atom stereocenters. The van der Waals surface area contributed by atoms with Crippen molar-refractivity contribution in [2.75, 3.05) is 13.2 Å². The lowest BCUT2D eigenvalue weighted by Gasteiger charge is -2.21. The largest absolute Gasteiger partial charge is 0.373 e. The maximum Gasteiger partial charge on any atom is 0.188 e. The van der Waals surface area contributed by atoms with Crippen molar-refractivity contribution in [2.24, 2.45) is 5.92 Å². The number of ether oxygens (including phenoxy) is 1. The molecule has 0 spiro atoms. The zero-order valence-corrected chi connectivity index (χ0v) is 13.0. The second kappa shape index (κ2) is 7.03. The molecular formula is C18H26O2. The highest BCUT2D eigenvalue weighted by atomic mass is 16.5. The molecule has 1 aliphatic carbocycles. The zero-order chi connectivity index (χ0) is 14.5. The molecule has 1 saturated carbocycles. The predicted molar refractivity (Wildman–Crippen MR) is 82.4 cm³/mol. The molecule has 20 heavy (non-hydrogen) atoms. The van der Waals surface area contributed by atoms with Gasteiger partial charge < -0.3 is 4.74 Å². The van der Waals surface area contributed by atoms with Crippen molar-refractivity contribution in [3.8, 4) is 0 Å². The van der Waals surface area contributed by atoms with Crippen LogP contribution in [-0.4, -0.2) is 19.0 Å². The number of hydrogen-bond donors (Lipinski definition) is 0. The SMILES string of the molecule is Cc1cc(C)c(C(=O)COCC2CCCCC2)c(C)c1. The zero-order valence-electron chi connectivity index (χ0n) is 13.0. The van der Waals surface area contributed by atoms with Gasteiger partial charge in [-0.2, -0.15) is 0 Å². The van der Waals surface area contributed by atoms with Crippen molar-refractivity contribution in [3.63, 3.8) is 0 Å². The van der Waals surface area contributed by atoms with Gasteiger partial charge in [-0.15, -0.1) is 0 Å². The third-order valence-corrected chi connectivity index (χ3v) is 4.27. The first-order valence-corrected chi connectivity index (χ1v) is 7.76. The summed E-state index contributed by atoms with van der Waals surface area (Å²) in [6, 6.07) is 4.14. The van der Waals surface area contributed by atoms with Crippen molar-refractivity contribution in [1.82, 2.24) is 0 Å². The molecule has 2 heteroatoms. The summed E-state index contributed by atoms with van der Waals surface area (Å²) in [5, 5.41) is 0. The van der Waals surface area contributed by atoms with E-state index < -0.39 is 0 Å². The van der Waals surface area contributed by atoms with Gasteiger partial charge in [0, 0.05) is 5.56 Å². The maximum atomic E-state index is 12.3. The van der Waals surface area contributed by atoms with Gasteiger partial charge >= 0.3 is 0 Å². The summed E-state index contributed by atoms with van der Waals surface area (Å²) >= 11 is 0. The second-order valence-corrected chi connectivity index (χ2v) is 6.22. The monoisotopic (exact) mass is 274 g/mol. The minimum Gasteiger partial charge on any atom is -0.373 e. The lowest BCUT2D eigenvalue weighted by atomic mass is 9.90. The van der Waals surface area contributed by atoms with Crippen molar-refractivity contribution in [2.45, 2.75) is 52.9 Å². The van der Waals surface area contributed by atoms with E-state index in [9.17, 15) is 4.79 Å².